The molecule has 1 N–H and O–H groups in total. The molecule has 1 heterocycles. The number of rotatable bonds is 7. The summed E-state index contributed by atoms with van der Waals surface area (Å²) in [6, 6.07) is 15.2. The molecule has 0 bridgehead atoms. The Kier molecular flexibility index (Phi) is 5.92. The molecule has 1 fully saturated rings. The molecule has 8 heteroatoms. The second kappa shape index (κ2) is 8.55. The van der Waals surface area contributed by atoms with Crippen molar-refractivity contribution in [2.45, 2.75) is 13.0 Å². The summed E-state index contributed by atoms with van der Waals surface area (Å²) in [5.41, 5.74) is 1.63. The molecule has 5 amide bonds. The summed E-state index contributed by atoms with van der Waals surface area (Å²) in [5, 5.41) is 2.85. The van der Waals surface area contributed by atoms with Crippen LogP contribution in [0, 0.1) is 0 Å². The predicted molar refractivity (Wildman–Crippen MR) is 104 cm³/mol. The fourth-order valence-corrected chi connectivity index (χ4v) is 3.12. The standard InChI is InChI=1S/C21H21N3O5/c1-3-23-19(26)20(27)24(21(23)28)13-17(25)22-18(14-7-5-4-6-8-14)15-9-11-16(29-2)12-10-15/h4-12,18H,3,13H2,1-2H3,(H,22,25)/t18-/m0/s1. The summed E-state index contributed by atoms with van der Waals surface area (Å²) < 4.78 is 5.17. The van der Waals surface area contributed by atoms with E-state index in [4.69, 9.17) is 4.74 Å². The molecular formula is C21H21N3O5. The molecule has 2 aromatic rings. The molecular weight excluding hydrogens is 374 g/mol. The van der Waals surface area contributed by atoms with Crippen LogP contribution in [0.4, 0.5) is 4.79 Å². The predicted octanol–water partition coefficient (Wildman–Crippen LogP) is 1.71. The highest BCUT2D eigenvalue weighted by Gasteiger charge is 2.44. The first-order chi connectivity index (χ1) is 14.0. The van der Waals surface area contributed by atoms with E-state index in [2.05, 4.69) is 5.32 Å². The van der Waals surface area contributed by atoms with E-state index in [9.17, 15) is 19.2 Å². The van der Waals surface area contributed by atoms with Crippen LogP contribution in [0.25, 0.3) is 0 Å². The van der Waals surface area contributed by atoms with E-state index in [1.807, 2.05) is 42.5 Å². The Bertz CT molecular complexity index is 927. The Hall–Kier alpha value is -3.68. The first kappa shape index (κ1) is 20.1. The maximum Gasteiger partial charge on any atom is 0.334 e. The molecule has 0 aromatic heterocycles. The fourth-order valence-electron chi connectivity index (χ4n) is 3.12. The number of ether oxygens (including phenoxy) is 1. The molecule has 1 atom stereocenters. The second-order valence-corrected chi connectivity index (χ2v) is 6.41. The third-order valence-electron chi connectivity index (χ3n) is 4.64. The molecule has 150 valence electrons. The van der Waals surface area contributed by atoms with Crippen LogP contribution in [0.1, 0.15) is 24.1 Å². The van der Waals surface area contributed by atoms with Crippen molar-refractivity contribution in [2.75, 3.05) is 20.2 Å². The number of benzene rings is 2. The smallest absolute Gasteiger partial charge is 0.334 e. The van der Waals surface area contributed by atoms with E-state index in [-0.39, 0.29) is 6.54 Å². The first-order valence-electron chi connectivity index (χ1n) is 9.11. The van der Waals surface area contributed by atoms with E-state index in [0.717, 1.165) is 16.0 Å². The summed E-state index contributed by atoms with van der Waals surface area (Å²) in [6.07, 6.45) is 0. The molecule has 0 radical (unpaired) electrons. The van der Waals surface area contributed by atoms with E-state index in [0.29, 0.717) is 10.6 Å². The molecule has 0 saturated carbocycles. The molecule has 0 unspecified atom stereocenters. The van der Waals surface area contributed by atoms with Crippen LogP contribution in [-0.4, -0.2) is 53.8 Å². The highest BCUT2D eigenvalue weighted by molar-refractivity contribution is 6.45. The van der Waals surface area contributed by atoms with Gasteiger partial charge >= 0.3 is 17.8 Å². The third-order valence-corrected chi connectivity index (χ3v) is 4.64. The number of nitrogens with zero attached hydrogens (tertiary/aromatic N) is 2. The van der Waals surface area contributed by atoms with E-state index in [1.165, 1.54) is 0 Å². The van der Waals surface area contributed by atoms with Crippen molar-refractivity contribution in [1.29, 1.82) is 0 Å². The third kappa shape index (κ3) is 4.11. The zero-order valence-electron chi connectivity index (χ0n) is 16.1. The van der Waals surface area contributed by atoms with E-state index >= 15 is 0 Å². The summed E-state index contributed by atoms with van der Waals surface area (Å²) in [4.78, 5) is 50.2. The monoisotopic (exact) mass is 395 g/mol. The number of amides is 5. The Morgan fingerprint density at radius 1 is 0.931 bits per heavy atom. The van der Waals surface area contributed by atoms with Gasteiger partial charge in [0.2, 0.25) is 5.91 Å². The highest BCUT2D eigenvalue weighted by atomic mass is 16.5. The normalized spacial score (nSPS) is 14.9. The Morgan fingerprint density at radius 3 is 2.07 bits per heavy atom. The Morgan fingerprint density at radius 2 is 1.52 bits per heavy atom. The summed E-state index contributed by atoms with van der Waals surface area (Å²) in [5.74, 6) is -1.78. The van der Waals surface area contributed by atoms with Gasteiger partial charge in [-0.2, -0.15) is 0 Å². The van der Waals surface area contributed by atoms with Crippen LogP contribution in [0.2, 0.25) is 0 Å². The zero-order valence-corrected chi connectivity index (χ0v) is 16.1. The van der Waals surface area contributed by atoms with Gasteiger partial charge in [-0.15, -0.1) is 0 Å². The number of carbonyl (C=O) groups excluding carboxylic acids is 4. The van der Waals surface area contributed by atoms with Gasteiger partial charge in [-0.05, 0) is 30.2 Å². The van der Waals surface area contributed by atoms with Crippen LogP contribution in [0.15, 0.2) is 54.6 Å². The molecule has 8 nitrogen and oxygen atoms in total. The van der Waals surface area contributed by atoms with E-state index in [1.54, 1.807) is 26.2 Å². The number of imide groups is 2. The minimum absolute atomic E-state index is 0.0695. The van der Waals surface area contributed by atoms with Crippen molar-refractivity contribution in [1.82, 2.24) is 15.1 Å². The maximum atomic E-state index is 12.7. The van der Waals surface area contributed by atoms with Gasteiger partial charge in [-0.1, -0.05) is 42.5 Å². The van der Waals surface area contributed by atoms with Crippen LogP contribution < -0.4 is 10.1 Å². The lowest BCUT2D eigenvalue weighted by Crippen LogP contribution is -2.42. The zero-order chi connectivity index (χ0) is 21.0. The van der Waals surface area contributed by atoms with Crippen molar-refractivity contribution in [3.8, 4) is 5.75 Å². The average Bonchev–Trinajstić information content (AvgIpc) is 2.95. The molecule has 0 aliphatic carbocycles. The van der Waals surface area contributed by atoms with Gasteiger partial charge in [-0.25, -0.2) is 9.69 Å². The molecule has 29 heavy (non-hydrogen) atoms. The van der Waals surface area contributed by atoms with Gasteiger partial charge in [-0.3, -0.25) is 19.3 Å². The number of carbonyl (C=O) groups is 4. The van der Waals surface area contributed by atoms with Gasteiger partial charge in [0, 0.05) is 6.54 Å². The largest absolute Gasteiger partial charge is 0.497 e. The first-order valence-corrected chi connectivity index (χ1v) is 9.11. The van der Waals surface area contributed by atoms with Crippen LogP contribution in [0.3, 0.4) is 0 Å². The van der Waals surface area contributed by atoms with Crippen LogP contribution >= 0.6 is 0 Å². The van der Waals surface area contributed by atoms with Crippen molar-refractivity contribution < 1.29 is 23.9 Å². The van der Waals surface area contributed by atoms with Gasteiger partial charge in [0.25, 0.3) is 0 Å². The second-order valence-electron chi connectivity index (χ2n) is 6.41. The Balaban J connectivity index is 1.81. The molecule has 1 aliphatic rings. The SMILES string of the molecule is CCN1C(=O)C(=O)N(CC(=O)N[C@@H](c2ccccc2)c2ccc(OC)cc2)C1=O. The van der Waals surface area contributed by atoms with E-state index < -0.39 is 36.3 Å². The lowest BCUT2D eigenvalue weighted by molar-refractivity contribution is -0.144. The Labute approximate surface area is 168 Å². The lowest BCUT2D eigenvalue weighted by Gasteiger charge is -2.21. The van der Waals surface area contributed by atoms with Gasteiger partial charge in [0.1, 0.15) is 12.3 Å². The van der Waals surface area contributed by atoms with Crippen LogP contribution in [0.5, 0.6) is 5.75 Å². The number of urea groups is 1. The quantitative estimate of drug-likeness (QED) is 0.569. The average molecular weight is 395 g/mol. The van der Waals surface area contributed by atoms with Crippen LogP contribution in [-0.2, 0) is 14.4 Å². The lowest BCUT2D eigenvalue weighted by atomic mass is 9.98. The molecule has 2 aromatic carbocycles. The molecule has 1 saturated heterocycles. The topological polar surface area (TPSA) is 96.0 Å². The van der Waals surface area contributed by atoms with Crippen molar-refractivity contribution in [2.24, 2.45) is 0 Å². The number of methoxy groups -OCH3 is 1. The minimum Gasteiger partial charge on any atom is -0.497 e. The van der Waals surface area contributed by atoms with Crippen molar-refractivity contribution >= 4 is 23.8 Å². The van der Waals surface area contributed by atoms with Crippen molar-refractivity contribution in [3.05, 3.63) is 65.7 Å². The number of hydrogen-bond donors (Lipinski definition) is 1. The van der Waals surface area contributed by atoms with Gasteiger partial charge in [0.05, 0.1) is 13.2 Å². The minimum atomic E-state index is -0.993. The molecule has 0 spiro atoms. The fraction of sp³-hybridized carbons (Fsp3) is 0.238. The van der Waals surface area contributed by atoms with Gasteiger partial charge in [0.15, 0.2) is 0 Å². The number of likely N-dealkylation sites (N-methyl/N-ethyl adjacent to an activating group) is 1. The summed E-state index contributed by atoms with van der Waals surface area (Å²) >= 11 is 0. The molecule has 3 rings (SSSR count). The number of hydrogen-bond acceptors (Lipinski definition) is 5. The van der Waals surface area contributed by atoms with Gasteiger partial charge < -0.3 is 10.1 Å². The number of nitrogens with one attached hydrogen (secondary N) is 1. The van der Waals surface area contributed by atoms with Crippen molar-refractivity contribution in [3.63, 3.8) is 0 Å². The molecule has 1 aliphatic heterocycles. The summed E-state index contributed by atoms with van der Waals surface area (Å²) in [7, 11) is 1.57. The highest BCUT2D eigenvalue weighted by Crippen LogP contribution is 2.24. The summed E-state index contributed by atoms with van der Waals surface area (Å²) in [6.45, 7) is 1.13. The maximum absolute atomic E-state index is 12.7.